The van der Waals surface area contributed by atoms with Crippen molar-refractivity contribution < 1.29 is 21.2 Å². The Morgan fingerprint density at radius 3 is 2.57 bits per heavy atom. The highest BCUT2D eigenvalue weighted by Crippen LogP contribution is 1.94. The van der Waals surface area contributed by atoms with Crippen molar-refractivity contribution >= 4 is 0 Å². The van der Waals surface area contributed by atoms with Gasteiger partial charge >= 0.3 is 21.2 Å². The third kappa shape index (κ3) is 4.80. The molecule has 0 aliphatic rings. The van der Waals surface area contributed by atoms with Crippen LogP contribution in [0.25, 0.3) is 0 Å². The fourth-order valence-corrected chi connectivity index (χ4v) is 2.91. The molecule has 0 heterocycles. The van der Waals surface area contributed by atoms with Gasteiger partial charge in [0.2, 0.25) is 0 Å². The molecule has 0 N–H and O–H groups in total. The van der Waals surface area contributed by atoms with Crippen LogP contribution < -0.4 is 21.2 Å². The van der Waals surface area contributed by atoms with E-state index in [9.17, 15) is 0 Å². The normalized spacial score (nSPS) is 11.0. The van der Waals surface area contributed by atoms with E-state index in [1.54, 1.807) is 0 Å². The minimum Gasteiger partial charge on any atom is -0.0654 e. The van der Waals surface area contributed by atoms with Crippen LogP contribution in [0.15, 0.2) is 34.4 Å². The molecule has 0 aliphatic heterocycles. The van der Waals surface area contributed by atoms with Gasteiger partial charge in [-0.25, -0.2) is 0 Å². The maximum absolute atomic E-state index is 2.39. The predicted octanol–water partition coefficient (Wildman–Crippen LogP) is 0.958. The van der Waals surface area contributed by atoms with Gasteiger partial charge in [0.15, 0.2) is 7.65 Å². The Hall–Kier alpha value is -0.310. The van der Waals surface area contributed by atoms with E-state index >= 15 is 0 Å². The van der Waals surface area contributed by atoms with E-state index in [2.05, 4.69) is 48.3 Å². The molecule has 0 atom stereocenters. The zero-order valence-corrected chi connectivity index (χ0v) is 11.1. The zero-order chi connectivity index (χ0) is 10.2. The largest absolute Gasteiger partial charge is 0.349 e. The summed E-state index contributed by atoms with van der Waals surface area (Å²) in [5.41, 5.74) is 1.35. The van der Waals surface area contributed by atoms with Crippen LogP contribution in [0.1, 0.15) is 31.7 Å². The lowest BCUT2D eigenvalue weighted by Gasteiger charge is -1.87. The van der Waals surface area contributed by atoms with Crippen LogP contribution in [-0.4, -0.2) is 0 Å². The third-order valence-electron chi connectivity index (χ3n) is 2.01. The highest BCUT2D eigenvalue weighted by Gasteiger charge is 2.05. The zero-order valence-electron chi connectivity index (χ0n) is 8.96. The summed E-state index contributed by atoms with van der Waals surface area (Å²) in [6.45, 7) is 4.38. The van der Waals surface area contributed by atoms with Crippen molar-refractivity contribution in [2.45, 2.75) is 33.1 Å². The second-order valence-corrected chi connectivity index (χ2v) is 6.00. The van der Waals surface area contributed by atoms with Crippen molar-refractivity contribution in [3.8, 4) is 0 Å². The molecule has 0 bridgehead atoms. The van der Waals surface area contributed by atoms with Crippen molar-refractivity contribution in [2.75, 3.05) is 0 Å². The Balaban J connectivity index is 2.30. The molecule has 0 spiro atoms. The van der Waals surface area contributed by atoms with Crippen LogP contribution in [0.2, 0.25) is 0 Å². The molecule has 0 nitrogen and oxygen atoms in total. The Kier molecular flexibility index (Phi) is 5.92. The highest BCUT2D eigenvalue weighted by molar-refractivity contribution is 5.11. The first-order valence-corrected chi connectivity index (χ1v) is 7.50. The Morgan fingerprint density at radius 2 is 1.93 bits per heavy atom. The number of benzene rings is 1. The molecule has 0 fully saturated rings. The van der Waals surface area contributed by atoms with E-state index in [4.69, 9.17) is 0 Å². The number of hydrogen-bond donors (Lipinski definition) is 0. The Labute approximate surface area is 97.7 Å². The first-order valence-electron chi connectivity index (χ1n) is 5.18. The SMILES string of the molecule is CCCC/C=C/[I+]c1ccc(C)cc1. The molecule has 0 radical (unpaired) electrons. The summed E-state index contributed by atoms with van der Waals surface area (Å²) in [5.74, 6) is 0. The lowest BCUT2D eigenvalue weighted by atomic mass is 10.2. The predicted molar refractivity (Wildman–Crippen MR) is 58.5 cm³/mol. The smallest absolute Gasteiger partial charge is 0.0654 e. The highest BCUT2D eigenvalue weighted by atomic mass is 127. The van der Waals surface area contributed by atoms with Crippen LogP contribution in [0.4, 0.5) is 0 Å². The Morgan fingerprint density at radius 1 is 1.21 bits per heavy atom. The fraction of sp³-hybridized carbons (Fsp3) is 0.385. The first-order chi connectivity index (χ1) is 6.83. The standard InChI is InChI=1S/C13H18I/c1-3-4-5-6-11-14-13-9-7-12(2)8-10-13/h6-11H,3-5H2,1-2H3/q+1/b11-6+. The average Bonchev–Trinajstić information content (AvgIpc) is 2.21. The van der Waals surface area contributed by atoms with Crippen molar-refractivity contribution in [1.82, 2.24) is 0 Å². The molecule has 0 aliphatic carbocycles. The molecule has 0 amide bonds. The number of halogens is 1. The van der Waals surface area contributed by atoms with Gasteiger partial charge in [0.1, 0.15) is 0 Å². The average molecular weight is 301 g/mol. The second kappa shape index (κ2) is 7.04. The van der Waals surface area contributed by atoms with Gasteiger partial charge in [-0.1, -0.05) is 31.0 Å². The minimum atomic E-state index is 0.116. The Bertz CT molecular complexity index is 272. The topological polar surface area (TPSA) is 0 Å². The molecule has 1 aromatic carbocycles. The van der Waals surface area contributed by atoms with Crippen LogP contribution in [0, 0.1) is 10.5 Å². The summed E-state index contributed by atoms with van der Waals surface area (Å²) < 4.78 is 3.90. The number of unbranched alkanes of at least 4 members (excludes halogenated alkanes) is 2. The monoisotopic (exact) mass is 301 g/mol. The summed E-state index contributed by atoms with van der Waals surface area (Å²) in [6, 6.07) is 8.92. The van der Waals surface area contributed by atoms with Crippen molar-refractivity contribution in [1.29, 1.82) is 0 Å². The summed E-state index contributed by atoms with van der Waals surface area (Å²) in [6.07, 6.45) is 6.22. The summed E-state index contributed by atoms with van der Waals surface area (Å²) in [4.78, 5) is 0. The van der Waals surface area contributed by atoms with Gasteiger partial charge in [-0.05, 0) is 38.0 Å². The fourth-order valence-electron chi connectivity index (χ4n) is 1.11. The molecule has 0 saturated carbocycles. The van der Waals surface area contributed by atoms with Crippen LogP contribution in [0.5, 0.6) is 0 Å². The molecule has 14 heavy (non-hydrogen) atoms. The van der Waals surface area contributed by atoms with Crippen molar-refractivity contribution in [3.63, 3.8) is 0 Å². The van der Waals surface area contributed by atoms with Gasteiger partial charge in [0.25, 0.3) is 0 Å². The summed E-state index contributed by atoms with van der Waals surface area (Å²) in [7, 11) is 0. The van der Waals surface area contributed by atoms with Gasteiger partial charge in [0, 0.05) is 0 Å². The van der Waals surface area contributed by atoms with E-state index in [0.717, 1.165) is 0 Å². The number of aryl methyl sites for hydroxylation is 1. The van der Waals surface area contributed by atoms with E-state index in [-0.39, 0.29) is 21.2 Å². The maximum atomic E-state index is 2.39. The lowest BCUT2D eigenvalue weighted by molar-refractivity contribution is -0.557. The minimum absolute atomic E-state index is 0.116. The van der Waals surface area contributed by atoms with Gasteiger partial charge < -0.3 is 0 Å². The molecule has 1 heteroatoms. The van der Waals surface area contributed by atoms with E-state index in [1.165, 1.54) is 28.4 Å². The van der Waals surface area contributed by atoms with E-state index < -0.39 is 0 Å². The molecule has 1 rings (SSSR count). The van der Waals surface area contributed by atoms with Gasteiger partial charge in [0.05, 0.1) is 0 Å². The van der Waals surface area contributed by atoms with Crippen molar-refractivity contribution in [2.24, 2.45) is 0 Å². The van der Waals surface area contributed by atoms with E-state index in [0.29, 0.717) is 0 Å². The van der Waals surface area contributed by atoms with Gasteiger partial charge in [-0.15, -0.1) is 0 Å². The number of hydrogen-bond acceptors (Lipinski definition) is 0. The van der Waals surface area contributed by atoms with Crippen LogP contribution in [0.3, 0.4) is 0 Å². The molecular formula is C13H18I+. The molecule has 1 aromatic rings. The number of rotatable bonds is 5. The van der Waals surface area contributed by atoms with Gasteiger partial charge in [-0.3, -0.25) is 0 Å². The first kappa shape index (κ1) is 11.8. The van der Waals surface area contributed by atoms with Crippen LogP contribution in [-0.2, 0) is 0 Å². The lowest BCUT2D eigenvalue weighted by Crippen LogP contribution is -3.59. The molecule has 0 saturated heterocycles. The second-order valence-electron chi connectivity index (χ2n) is 3.41. The summed E-state index contributed by atoms with van der Waals surface area (Å²) in [5, 5.41) is 0. The van der Waals surface area contributed by atoms with Crippen molar-refractivity contribution in [3.05, 3.63) is 43.6 Å². The molecule has 76 valence electrons. The molecule has 0 aromatic heterocycles. The maximum Gasteiger partial charge on any atom is 0.349 e. The quantitative estimate of drug-likeness (QED) is 0.561. The third-order valence-corrected chi connectivity index (χ3v) is 4.32. The summed E-state index contributed by atoms with van der Waals surface area (Å²) >= 11 is 0.116. The van der Waals surface area contributed by atoms with Crippen LogP contribution >= 0.6 is 0 Å². The van der Waals surface area contributed by atoms with E-state index in [1.807, 2.05) is 0 Å². The molecule has 0 unspecified atom stereocenters. The molecular weight excluding hydrogens is 283 g/mol. The number of allylic oxidation sites excluding steroid dienone is 1. The van der Waals surface area contributed by atoms with Gasteiger partial charge in [-0.2, -0.15) is 0 Å².